The molecule has 0 saturated heterocycles. The van der Waals surface area contributed by atoms with Gasteiger partial charge in [-0.15, -0.1) is 0 Å². The van der Waals surface area contributed by atoms with Gasteiger partial charge in [-0.25, -0.2) is 9.78 Å². The number of urea groups is 1. The zero-order chi connectivity index (χ0) is 18.5. The summed E-state index contributed by atoms with van der Waals surface area (Å²) in [6.45, 7) is 3.84. The molecule has 0 aliphatic carbocycles. The van der Waals surface area contributed by atoms with Gasteiger partial charge in [0.1, 0.15) is 11.6 Å². The minimum atomic E-state index is -0.356. The normalized spacial score (nSPS) is 11.7. The third-order valence-electron chi connectivity index (χ3n) is 3.85. The third kappa shape index (κ3) is 3.80. The summed E-state index contributed by atoms with van der Waals surface area (Å²) in [7, 11) is 1.57. The molecular formula is C18H20N6O2. The van der Waals surface area contributed by atoms with Crippen molar-refractivity contribution in [2.45, 2.75) is 19.9 Å². The molecule has 134 valence electrons. The van der Waals surface area contributed by atoms with Crippen LogP contribution in [-0.4, -0.2) is 32.9 Å². The van der Waals surface area contributed by atoms with Crippen LogP contribution < -0.4 is 15.4 Å². The molecule has 3 rings (SSSR count). The number of carbonyl (C=O) groups is 1. The highest BCUT2D eigenvalue weighted by molar-refractivity contribution is 5.88. The SMILES string of the molecule is COc1cnccc1C(C)NC(=O)Nc1ccnn1-c1cc(C)ccn1. The van der Waals surface area contributed by atoms with Crippen LogP contribution in [0.5, 0.6) is 5.75 Å². The van der Waals surface area contributed by atoms with E-state index < -0.39 is 0 Å². The standard InChI is InChI=1S/C18H20N6O2/c1-12-4-8-20-17(10-12)24-16(6-9-21-24)23-18(25)22-13(2)14-5-7-19-11-15(14)26-3/h4-11,13H,1-3H3,(H2,22,23,25). The number of hydrogen-bond donors (Lipinski definition) is 2. The molecule has 0 aliphatic rings. The number of carbonyl (C=O) groups excluding carboxylic acids is 1. The van der Waals surface area contributed by atoms with Crippen molar-refractivity contribution in [2.24, 2.45) is 0 Å². The molecule has 2 amide bonds. The molecule has 0 spiro atoms. The lowest BCUT2D eigenvalue weighted by Gasteiger charge is -2.17. The van der Waals surface area contributed by atoms with E-state index in [1.807, 2.05) is 32.0 Å². The smallest absolute Gasteiger partial charge is 0.320 e. The highest BCUT2D eigenvalue weighted by Crippen LogP contribution is 2.23. The predicted octanol–water partition coefficient (Wildman–Crippen LogP) is 2.86. The Bertz CT molecular complexity index is 908. The second kappa shape index (κ2) is 7.64. The minimum absolute atomic E-state index is 0.263. The van der Waals surface area contributed by atoms with Gasteiger partial charge in [-0.3, -0.25) is 10.3 Å². The Morgan fingerprint density at radius 1 is 1.23 bits per heavy atom. The first-order chi connectivity index (χ1) is 12.6. The van der Waals surface area contributed by atoms with Crippen molar-refractivity contribution < 1.29 is 9.53 Å². The topological polar surface area (TPSA) is 94.0 Å². The van der Waals surface area contributed by atoms with Gasteiger partial charge in [-0.2, -0.15) is 9.78 Å². The van der Waals surface area contributed by atoms with Gasteiger partial charge in [0.2, 0.25) is 0 Å². The Morgan fingerprint density at radius 2 is 2.08 bits per heavy atom. The van der Waals surface area contributed by atoms with Gasteiger partial charge >= 0.3 is 6.03 Å². The molecule has 3 aromatic rings. The number of aryl methyl sites for hydroxylation is 1. The number of methoxy groups -OCH3 is 1. The van der Waals surface area contributed by atoms with Gasteiger partial charge in [-0.05, 0) is 37.6 Å². The number of nitrogens with one attached hydrogen (secondary N) is 2. The minimum Gasteiger partial charge on any atom is -0.495 e. The molecule has 2 N–H and O–H groups in total. The molecule has 0 fully saturated rings. The van der Waals surface area contributed by atoms with Crippen molar-refractivity contribution in [3.05, 3.63) is 60.2 Å². The number of anilines is 1. The van der Waals surface area contributed by atoms with Crippen LogP contribution in [0.1, 0.15) is 24.1 Å². The van der Waals surface area contributed by atoms with E-state index in [2.05, 4.69) is 25.7 Å². The summed E-state index contributed by atoms with van der Waals surface area (Å²) in [6.07, 6.45) is 6.58. The van der Waals surface area contributed by atoms with Crippen molar-refractivity contribution in [1.29, 1.82) is 0 Å². The molecule has 0 bridgehead atoms. The van der Waals surface area contributed by atoms with Crippen molar-refractivity contribution in [1.82, 2.24) is 25.1 Å². The summed E-state index contributed by atoms with van der Waals surface area (Å²) in [5.41, 5.74) is 1.89. The van der Waals surface area contributed by atoms with E-state index in [-0.39, 0.29) is 12.1 Å². The zero-order valence-corrected chi connectivity index (χ0v) is 14.8. The number of ether oxygens (including phenoxy) is 1. The van der Waals surface area contributed by atoms with Gasteiger partial charge < -0.3 is 10.1 Å². The number of aromatic nitrogens is 4. The molecule has 0 radical (unpaired) electrons. The average molecular weight is 352 g/mol. The van der Waals surface area contributed by atoms with Crippen LogP contribution in [0.25, 0.3) is 5.82 Å². The van der Waals surface area contributed by atoms with Gasteiger partial charge in [0.25, 0.3) is 0 Å². The van der Waals surface area contributed by atoms with Crippen molar-refractivity contribution >= 4 is 11.8 Å². The molecule has 0 aliphatic heterocycles. The average Bonchev–Trinajstić information content (AvgIpc) is 3.09. The fraction of sp³-hybridized carbons (Fsp3) is 0.222. The summed E-state index contributed by atoms with van der Waals surface area (Å²) in [6, 6.07) is 6.69. The quantitative estimate of drug-likeness (QED) is 0.736. The van der Waals surface area contributed by atoms with E-state index in [1.165, 1.54) is 0 Å². The third-order valence-corrected chi connectivity index (χ3v) is 3.85. The lowest BCUT2D eigenvalue weighted by Crippen LogP contribution is -2.32. The summed E-state index contributed by atoms with van der Waals surface area (Å²) < 4.78 is 6.86. The molecule has 8 nitrogen and oxygen atoms in total. The molecule has 3 aromatic heterocycles. The van der Waals surface area contributed by atoms with E-state index in [0.717, 1.165) is 11.1 Å². The molecular weight excluding hydrogens is 332 g/mol. The molecule has 26 heavy (non-hydrogen) atoms. The molecule has 1 atom stereocenters. The van der Waals surface area contributed by atoms with Crippen LogP contribution >= 0.6 is 0 Å². The van der Waals surface area contributed by atoms with Crippen LogP contribution in [0.15, 0.2) is 49.1 Å². The van der Waals surface area contributed by atoms with Crippen molar-refractivity contribution in [2.75, 3.05) is 12.4 Å². The number of nitrogens with zero attached hydrogens (tertiary/aromatic N) is 4. The maximum absolute atomic E-state index is 12.4. The fourth-order valence-electron chi connectivity index (χ4n) is 2.56. The van der Waals surface area contributed by atoms with Crippen LogP contribution in [0, 0.1) is 6.92 Å². The number of rotatable bonds is 5. The molecule has 0 aromatic carbocycles. The lowest BCUT2D eigenvalue weighted by molar-refractivity contribution is 0.249. The first-order valence-electron chi connectivity index (χ1n) is 8.11. The van der Waals surface area contributed by atoms with E-state index >= 15 is 0 Å². The first-order valence-corrected chi connectivity index (χ1v) is 8.11. The van der Waals surface area contributed by atoms with Gasteiger partial charge in [0.15, 0.2) is 5.82 Å². The van der Waals surface area contributed by atoms with Crippen molar-refractivity contribution in [3.63, 3.8) is 0 Å². The van der Waals surface area contributed by atoms with E-state index in [9.17, 15) is 4.79 Å². The molecule has 8 heteroatoms. The lowest BCUT2D eigenvalue weighted by atomic mass is 10.1. The van der Waals surface area contributed by atoms with Crippen LogP contribution in [0.2, 0.25) is 0 Å². The second-order valence-electron chi connectivity index (χ2n) is 5.76. The Hall–Kier alpha value is -3.42. The Kier molecular flexibility index (Phi) is 5.12. The Morgan fingerprint density at radius 3 is 2.85 bits per heavy atom. The maximum Gasteiger partial charge on any atom is 0.320 e. The number of hydrogen-bond acceptors (Lipinski definition) is 5. The highest BCUT2D eigenvalue weighted by atomic mass is 16.5. The van der Waals surface area contributed by atoms with Crippen molar-refractivity contribution in [3.8, 4) is 11.6 Å². The number of amides is 2. The van der Waals surface area contributed by atoms with Gasteiger partial charge in [0.05, 0.1) is 25.5 Å². The molecule has 0 saturated carbocycles. The van der Waals surface area contributed by atoms with Gasteiger partial charge in [-0.1, -0.05) is 0 Å². The maximum atomic E-state index is 12.4. The largest absolute Gasteiger partial charge is 0.495 e. The van der Waals surface area contributed by atoms with Crippen LogP contribution in [0.3, 0.4) is 0 Å². The molecule has 3 heterocycles. The summed E-state index contributed by atoms with van der Waals surface area (Å²) in [5.74, 6) is 1.78. The number of pyridine rings is 2. The predicted molar refractivity (Wildman–Crippen MR) is 97.5 cm³/mol. The highest BCUT2D eigenvalue weighted by Gasteiger charge is 2.15. The molecule has 1 unspecified atom stereocenters. The monoisotopic (exact) mass is 352 g/mol. The van der Waals surface area contributed by atoms with Crippen LogP contribution in [-0.2, 0) is 0 Å². The van der Waals surface area contributed by atoms with Gasteiger partial charge in [0, 0.05) is 24.0 Å². The summed E-state index contributed by atoms with van der Waals surface area (Å²) >= 11 is 0. The second-order valence-corrected chi connectivity index (χ2v) is 5.76. The van der Waals surface area contributed by atoms with Crippen LogP contribution in [0.4, 0.5) is 10.6 Å². The van der Waals surface area contributed by atoms with E-state index in [1.54, 1.807) is 42.6 Å². The fourth-order valence-corrected chi connectivity index (χ4v) is 2.56. The Labute approximate surface area is 151 Å². The zero-order valence-electron chi connectivity index (χ0n) is 14.8. The summed E-state index contributed by atoms with van der Waals surface area (Å²) in [5, 5.41) is 9.91. The first kappa shape index (κ1) is 17.4. The Balaban J connectivity index is 1.72. The summed E-state index contributed by atoms with van der Waals surface area (Å²) in [4.78, 5) is 20.7. The van der Waals surface area contributed by atoms with E-state index in [4.69, 9.17) is 4.74 Å². The van der Waals surface area contributed by atoms with E-state index in [0.29, 0.717) is 17.4 Å².